The van der Waals surface area contributed by atoms with E-state index >= 15 is 0 Å². The van der Waals surface area contributed by atoms with Crippen LogP contribution in [-0.2, 0) is 16.6 Å². The highest BCUT2D eigenvalue weighted by atomic mass is 32.2. The molecule has 4 rings (SSSR count). The van der Waals surface area contributed by atoms with Crippen LogP contribution in [0.1, 0.15) is 11.1 Å². The van der Waals surface area contributed by atoms with E-state index in [9.17, 15) is 13.2 Å². The molecule has 1 aliphatic rings. The molecule has 1 aliphatic heterocycles. The van der Waals surface area contributed by atoms with Crippen LogP contribution in [0.4, 0.5) is 16.2 Å². The fourth-order valence-electron chi connectivity index (χ4n) is 3.49. The van der Waals surface area contributed by atoms with Gasteiger partial charge in [-0.15, -0.1) is 0 Å². The molecule has 6 nitrogen and oxygen atoms in total. The third-order valence-electron chi connectivity index (χ3n) is 4.81. The summed E-state index contributed by atoms with van der Waals surface area (Å²) in [6, 6.07) is 20.3. The number of amides is 2. The summed E-state index contributed by atoms with van der Waals surface area (Å²) in [7, 11) is -2.65. The summed E-state index contributed by atoms with van der Waals surface area (Å²) in [4.78, 5) is 15.0. The normalized spacial score (nSPS) is 15.2. The highest BCUT2D eigenvalue weighted by molar-refractivity contribution is 7.94. The maximum absolute atomic E-state index is 13.5. The highest BCUT2D eigenvalue weighted by Gasteiger charge is 2.43. The van der Waals surface area contributed by atoms with Gasteiger partial charge in [-0.25, -0.2) is 13.2 Å². The van der Waals surface area contributed by atoms with E-state index < -0.39 is 16.1 Å². The topological polar surface area (TPSA) is 66.9 Å². The number of fused-ring (bicyclic) bond motifs is 1. The molecule has 3 aromatic carbocycles. The maximum Gasteiger partial charge on any atom is 0.343 e. The Labute approximate surface area is 170 Å². The van der Waals surface area contributed by atoms with Gasteiger partial charge in [-0.2, -0.15) is 4.31 Å². The van der Waals surface area contributed by atoms with Gasteiger partial charge in [-0.3, -0.25) is 4.90 Å². The average Bonchev–Trinajstić information content (AvgIpc) is 2.71. The van der Waals surface area contributed by atoms with Crippen LogP contribution in [0, 0.1) is 6.92 Å². The zero-order valence-corrected chi connectivity index (χ0v) is 16.9. The second-order valence-corrected chi connectivity index (χ2v) is 8.52. The number of sulfonamides is 1. The summed E-state index contributed by atoms with van der Waals surface area (Å²) in [6.07, 6.45) is 0. The Morgan fingerprint density at radius 2 is 1.59 bits per heavy atom. The Hall–Kier alpha value is -3.32. The van der Waals surface area contributed by atoms with Crippen LogP contribution in [-0.4, -0.2) is 21.6 Å². The molecule has 0 saturated carbocycles. The molecular weight excluding hydrogens is 388 g/mol. The summed E-state index contributed by atoms with van der Waals surface area (Å²) in [5.74, 6) is 0.305. The predicted molar refractivity (Wildman–Crippen MR) is 112 cm³/mol. The first-order valence-electron chi connectivity index (χ1n) is 9.08. The molecule has 148 valence electrons. The molecule has 29 heavy (non-hydrogen) atoms. The summed E-state index contributed by atoms with van der Waals surface area (Å²) in [5.41, 5.74) is 2.52. The van der Waals surface area contributed by atoms with Gasteiger partial charge in [-0.1, -0.05) is 54.1 Å². The lowest BCUT2D eigenvalue weighted by Crippen LogP contribution is -2.50. The van der Waals surface area contributed by atoms with Crippen molar-refractivity contribution in [1.82, 2.24) is 0 Å². The predicted octanol–water partition coefficient (Wildman–Crippen LogP) is 4.34. The van der Waals surface area contributed by atoms with Crippen molar-refractivity contribution in [3.8, 4) is 5.75 Å². The van der Waals surface area contributed by atoms with Crippen molar-refractivity contribution in [3.63, 3.8) is 0 Å². The molecule has 0 fully saturated rings. The number of aryl methyl sites for hydroxylation is 1. The van der Waals surface area contributed by atoms with Crippen LogP contribution in [0.5, 0.6) is 5.75 Å². The van der Waals surface area contributed by atoms with Crippen LogP contribution in [0.15, 0.2) is 77.7 Å². The molecule has 1 heterocycles. The van der Waals surface area contributed by atoms with Crippen molar-refractivity contribution in [3.05, 3.63) is 83.9 Å². The molecule has 0 radical (unpaired) electrons. The number of ether oxygens (including phenoxy) is 1. The number of para-hydroxylation sites is 3. The first-order chi connectivity index (χ1) is 13.9. The molecule has 0 spiro atoms. The van der Waals surface area contributed by atoms with Gasteiger partial charge in [0.05, 0.1) is 19.3 Å². The van der Waals surface area contributed by atoms with Gasteiger partial charge in [0.1, 0.15) is 16.3 Å². The lowest BCUT2D eigenvalue weighted by Gasteiger charge is -2.36. The molecular formula is C22H20N2O4S. The molecule has 0 aliphatic carbocycles. The quantitative estimate of drug-likeness (QED) is 0.644. The molecule has 0 atom stereocenters. The lowest BCUT2D eigenvalue weighted by atomic mass is 10.1. The third-order valence-corrected chi connectivity index (χ3v) is 6.54. The van der Waals surface area contributed by atoms with Crippen LogP contribution in [0.2, 0.25) is 0 Å². The molecule has 0 aromatic heterocycles. The van der Waals surface area contributed by atoms with Crippen molar-refractivity contribution >= 4 is 27.4 Å². The van der Waals surface area contributed by atoms with E-state index in [0.29, 0.717) is 11.4 Å². The molecule has 2 amide bonds. The molecule has 3 aromatic rings. The lowest BCUT2D eigenvalue weighted by molar-refractivity contribution is 0.253. The maximum atomic E-state index is 13.5. The Morgan fingerprint density at radius 1 is 0.897 bits per heavy atom. The number of anilines is 2. The molecule has 0 saturated heterocycles. The van der Waals surface area contributed by atoms with Gasteiger partial charge in [-0.05, 0) is 36.8 Å². The van der Waals surface area contributed by atoms with Crippen molar-refractivity contribution in [2.75, 3.05) is 16.3 Å². The number of carbonyl (C=O) groups excluding carboxylic acids is 1. The summed E-state index contributed by atoms with van der Waals surface area (Å²) < 4.78 is 32.9. The van der Waals surface area contributed by atoms with Crippen molar-refractivity contribution in [1.29, 1.82) is 0 Å². The summed E-state index contributed by atoms with van der Waals surface area (Å²) in [6.45, 7) is 2.22. The van der Waals surface area contributed by atoms with Crippen LogP contribution in [0.3, 0.4) is 0 Å². The minimum atomic E-state index is -4.09. The zero-order valence-electron chi connectivity index (χ0n) is 16.1. The number of carbonyl (C=O) groups is 1. The van der Waals surface area contributed by atoms with Gasteiger partial charge in [0.25, 0.3) is 10.0 Å². The van der Waals surface area contributed by atoms with Crippen molar-refractivity contribution in [2.24, 2.45) is 0 Å². The zero-order chi connectivity index (χ0) is 20.6. The second kappa shape index (κ2) is 7.25. The van der Waals surface area contributed by atoms with E-state index in [2.05, 4.69) is 0 Å². The van der Waals surface area contributed by atoms with Crippen LogP contribution in [0.25, 0.3) is 0 Å². The number of hydrogen-bond donors (Lipinski definition) is 0. The van der Waals surface area contributed by atoms with E-state index in [0.717, 1.165) is 15.4 Å². The van der Waals surface area contributed by atoms with Crippen LogP contribution < -0.4 is 13.9 Å². The summed E-state index contributed by atoms with van der Waals surface area (Å²) in [5, 5.41) is 0. The molecule has 0 bridgehead atoms. The largest absolute Gasteiger partial charge is 0.495 e. The Kier molecular flexibility index (Phi) is 4.76. The number of benzene rings is 3. The van der Waals surface area contributed by atoms with E-state index in [1.165, 1.54) is 18.1 Å². The number of hydrogen-bond acceptors (Lipinski definition) is 4. The minimum Gasteiger partial charge on any atom is -0.495 e. The molecule has 7 heteroatoms. The fraction of sp³-hybridized carbons (Fsp3) is 0.136. The van der Waals surface area contributed by atoms with E-state index in [4.69, 9.17) is 4.74 Å². The standard InChI is InChI=1S/C22H20N2O4S/c1-16-8-7-9-17(14-16)15-23-19-11-4-6-13-21(19)29(26,27)24(22(23)25)18-10-3-5-12-20(18)28-2/h3-14H,15H2,1-2H3. The Bertz CT molecular complexity index is 1190. The van der Waals surface area contributed by atoms with Gasteiger partial charge in [0, 0.05) is 0 Å². The highest BCUT2D eigenvalue weighted by Crippen LogP contribution is 2.40. The Balaban J connectivity index is 1.89. The Morgan fingerprint density at radius 3 is 2.31 bits per heavy atom. The van der Waals surface area contributed by atoms with Gasteiger partial charge < -0.3 is 4.74 Å². The van der Waals surface area contributed by atoms with Gasteiger partial charge in [0.15, 0.2) is 0 Å². The fourth-order valence-corrected chi connectivity index (χ4v) is 5.09. The number of rotatable bonds is 4. The molecule has 0 unspecified atom stereocenters. The minimum absolute atomic E-state index is 0.0816. The van der Waals surface area contributed by atoms with Crippen molar-refractivity contribution in [2.45, 2.75) is 18.4 Å². The van der Waals surface area contributed by atoms with E-state index in [1.54, 1.807) is 42.5 Å². The number of nitrogens with zero attached hydrogens (tertiary/aromatic N) is 2. The first kappa shape index (κ1) is 19.0. The first-order valence-corrected chi connectivity index (χ1v) is 10.5. The van der Waals surface area contributed by atoms with Crippen molar-refractivity contribution < 1.29 is 17.9 Å². The second-order valence-electron chi connectivity index (χ2n) is 6.77. The third kappa shape index (κ3) is 3.23. The molecule has 0 N–H and O–H groups in total. The number of urea groups is 1. The van der Waals surface area contributed by atoms with E-state index in [1.807, 2.05) is 31.2 Å². The van der Waals surface area contributed by atoms with Crippen LogP contribution >= 0.6 is 0 Å². The number of methoxy groups -OCH3 is 1. The van der Waals surface area contributed by atoms with E-state index in [-0.39, 0.29) is 17.1 Å². The SMILES string of the molecule is COc1ccccc1N1C(=O)N(Cc2cccc(C)c2)c2ccccc2S1(=O)=O. The van der Waals surface area contributed by atoms with Gasteiger partial charge in [0.2, 0.25) is 0 Å². The van der Waals surface area contributed by atoms with Gasteiger partial charge >= 0.3 is 6.03 Å². The summed E-state index contributed by atoms with van der Waals surface area (Å²) >= 11 is 0. The monoisotopic (exact) mass is 408 g/mol. The smallest absolute Gasteiger partial charge is 0.343 e. The average molecular weight is 408 g/mol.